The summed E-state index contributed by atoms with van der Waals surface area (Å²) in [5, 5.41) is 33.8. The summed E-state index contributed by atoms with van der Waals surface area (Å²) in [5.74, 6) is 0.413. The highest BCUT2D eigenvalue weighted by Crippen LogP contribution is 2.66. The highest BCUT2D eigenvalue weighted by Gasteiger charge is 2.67. The van der Waals surface area contributed by atoms with E-state index in [1.165, 1.54) is 11.8 Å². The van der Waals surface area contributed by atoms with Crippen LogP contribution in [0.1, 0.15) is 6.42 Å². The van der Waals surface area contributed by atoms with Gasteiger partial charge in [-0.1, -0.05) is 11.8 Å². The Morgan fingerprint density at radius 2 is 2.26 bits per heavy atom. The third-order valence-corrected chi connectivity index (χ3v) is 5.41. The van der Waals surface area contributed by atoms with Crippen LogP contribution in [0, 0.1) is 11.3 Å². The van der Waals surface area contributed by atoms with Gasteiger partial charge < -0.3 is 20.6 Å². The van der Waals surface area contributed by atoms with Crippen LogP contribution in [-0.2, 0) is 0 Å². The number of nitrogens with zero attached hydrogens (tertiary/aromatic N) is 4. The third kappa shape index (κ3) is 1.78. The molecule has 0 amide bonds. The summed E-state index contributed by atoms with van der Waals surface area (Å²) in [5.41, 5.74) is 1.09. The maximum Gasteiger partial charge on any atom is 0.191 e. The lowest BCUT2D eigenvalue weighted by Gasteiger charge is -2.14. The van der Waals surface area contributed by atoms with Crippen molar-refractivity contribution >= 4 is 34.4 Å². The highest BCUT2D eigenvalue weighted by atomic mass is 32.2. The molecule has 1 saturated carbocycles. The Morgan fingerprint density at radius 1 is 1.48 bits per heavy atom. The molecule has 2 aromatic rings. The molecule has 1 unspecified atom stereocenters. The Labute approximate surface area is 136 Å². The number of imidazole rings is 1. The second-order valence-corrected chi connectivity index (χ2v) is 6.69. The number of rotatable bonds is 4. The molecule has 1 fully saturated rings. The second-order valence-electron chi connectivity index (χ2n) is 5.92. The van der Waals surface area contributed by atoms with Crippen molar-refractivity contribution in [3.05, 3.63) is 12.1 Å². The van der Waals surface area contributed by atoms with Gasteiger partial charge in [-0.15, -0.1) is 0 Å². The molecule has 0 radical (unpaired) electrons. The molecular weight excluding hydrogens is 318 g/mol. The van der Waals surface area contributed by atoms with Gasteiger partial charge in [0, 0.05) is 18.4 Å². The van der Waals surface area contributed by atoms with Gasteiger partial charge in [-0.05, 0) is 12.7 Å². The molecule has 4 N–H and O–H groups in total. The van der Waals surface area contributed by atoms with E-state index in [0.717, 1.165) is 0 Å². The molecule has 122 valence electrons. The van der Waals surface area contributed by atoms with Gasteiger partial charge in [0.15, 0.2) is 22.1 Å². The third-order valence-electron chi connectivity index (χ3n) is 4.86. The van der Waals surface area contributed by atoms with Crippen LogP contribution in [0.25, 0.3) is 16.9 Å². The van der Waals surface area contributed by atoms with E-state index in [0.29, 0.717) is 34.3 Å². The summed E-state index contributed by atoms with van der Waals surface area (Å²) in [6.45, 7) is -0.161. The number of anilines is 1. The van der Waals surface area contributed by atoms with E-state index in [1.54, 1.807) is 17.9 Å². The van der Waals surface area contributed by atoms with Gasteiger partial charge in [-0.2, -0.15) is 0 Å². The molecule has 8 nitrogen and oxygen atoms in total. The largest absolute Gasteiger partial charge is 0.508 e. The van der Waals surface area contributed by atoms with Crippen LogP contribution >= 0.6 is 11.8 Å². The monoisotopic (exact) mass is 335 g/mol. The maximum absolute atomic E-state index is 10.3. The van der Waals surface area contributed by atoms with Gasteiger partial charge in [0.05, 0.1) is 12.3 Å². The average molecular weight is 335 g/mol. The maximum atomic E-state index is 10.3. The Morgan fingerprint density at radius 3 is 2.87 bits per heavy atom. The van der Waals surface area contributed by atoms with Crippen molar-refractivity contribution in [1.82, 2.24) is 19.5 Å². The Bertz CT molecular complexity index is 835. The fraction of sp³-hybridized carbons (Fsp3) is 0.500. The molecule has 4 rings (SSSR count). The summed E-state index contributed by atoms with van der Waals surface area (Å²) >= 11 is 1.41. The van der Waals surface area contributed by atoms with Gasteiger partial charge in [0.2, 0.25) is 0 Å². The molecule has 0 aromatic carbocycles. The fourth-order valence-corrected chi connectivity index (χ4v) is 3.82. The summed E-state index contributed by atoms with van der Waals surface area (Å²) in [6.07, 6.45) is 3.06. The number of aliphatic hydroxyl groups excluding tert-OH is 3. The number of nitrogens with one attached hydrogen (secondary N) is 1. The van der Waals surface area contributed by atoms with Gasteiger partial charge in [-0.25, -0.2) is 15.0 Å². The lowest BCUT2D eigenvalue weighted by Crippen LogP contribution is -2.25. The van der Waals surface area contributed by atoms with Crippen molar-refractivity contribution in [3.63, 3.8) is 0 Å². The van der Waals surface area contributed by atoms with Crippen LogP contribution in [0.4, 0.5) is 5.82 Å². The quantitative estimate of drug-likeness (QED) is 0.476. The van der Waals surface area contributed by atoms with Crippen LogP contribution in [0.2, 0.25) is 0 Å². The Hall–Kier alpha value is -1.84. The molecule has 2 aromatic heterocycles. The van der Waals surface area contributed by atoms with E-state index in [4.69, 9.17) is 0 Å². The van der Waals surface area contributed by atoms with Crippen LogP contribution < -0.4 is 5.32 Å². The first-order valence-corrected chi connectivity index (χ1v) is 8.49. The zero-order valence-corrected chi connectivity index (χ0v) is 13.5. The molecule has 2 aliphatic rings. The van der Waals surface area contributed by atoms with Crippen LogP contribution in [-0.4, -0.2) is 60.9 Å². The summed E-state index contributed by atoms with van der Waals surface area (Å²) in [4.78, 5) is 13.2. The zero-order chi connectivity index (χ0) is 16.4. The second kappa shape index (κ2) is 4.83. The number of hydrogen-bond donors (Lipinski definition) is 4. The molecule has 0 spiro atoms. The first kappa shape index (κ1) is 14.7. The Balaban J connectivity index is 1.91. The lowest BCUT2D eigenvalue weighted by molar-refractivity contribution is 0.0524. The first-order valence-electron chi connectivity index (χ1n) is 7.26. The molecule has 0 bridgehead atoms. The molecule has 2 heterocycles. The number of thioether (sulfide) groups is 1. The van der Waals surface area contributed by atoms with Crippen LogP contribution in [0.5, 0.6) is 0 Å². The van der Waals surface area contributed by atoms with E-state index in [1.807, 2.05) is 6.26 Å². The highest BCUT2D eigenvalue weighted by molar-refractivity contribution is 7.98. The number of aromatic nitrogens is 4. The number of allylic oxidation sites excluding steroid dienone is 1. The molecule has 3 atom stereocenters. The average Bonchev–Trinajstić information content (AvgIpc) is 3.10. The molecule has 2 aliphatic carbocycles. The lowest BCUT2D eigenvalue weighted by atomic mass is 10.0. The van der Waals surface area contributed by atoms with Crippen molar-refractivity contribution in [2.45, 2.75) is 17.7 Å². The minimum absolute atomic E-state index is 0.0920. The van der Waals surface area contributed by atoms with Crippen molar-refractivity contribution in [3.8, 4) is 0 Å². The molecule has 0 aliphatic heterocycles. The van der Waals surface area contributed by atoms with Gasteiger partial charge in [-0.3, -0.25) is 4.57 Å². The normalized spacial score (nSPS) is 29.2. The van der Waals surface area contributed by atoms with E-state index in [2.05, 4.69) is 20.3 Å². The van der Waals surface area contributed by atoms with E-state index < -0.39 is 11.5 Å². The van der Waals surface area contributed by atoms with Gasteiger partial charge >= 0.3 is 0 Å². The van der Waals surface area contributed by atoms with Gasteiger partial charge in [0.25, 0.3) is 0 Å². The fourth-order valence-electron chi connectivity index (χ4n) is 3.46. The van der Waals surface area contributed by atoms with Crippen LogP contribution in [0.15, 0.2) is 17.2 Å². The van der Waals surface area contributed by atoms with E-state index in [-0.39, 0.29) is 18.3 Å². The number of fused-ring (bicyclic) bond motifs is 2. The first-order chi connectivity index (χ1) is 11.1. The smallest absolute Gasteiger partial charge is 0.191 e. The van der Waals surface area contributed by atoms with Crippen LogP contribution in [0.3, 0.4) is 0 Å². The molecule has 9 heteroatoms. The topological polar surface area (TPSA) is 116 Å². The minimum atomic E-state index is -1.05. The van der Waals surface area contributed by atoms with E-state index in [9.17, 15) is 15.3 Å². The van der Waals surface area contributed by atoms with Crippen molar-refractivity contribution in [2.75, 3.05) is 25.2 Å². The zero-order valence-electron chi connectivity index (χ0n) is 12.7. The number of aliphatic hydroxyl groups is 3. The standard InChI is InChI=1S/C14H17N5O3S/c1-15-11-7-12(18-13(17-11)23-2)19(5-16-7)8-6-3-14(6,4-20)10(22)9(8)21/h5-6,10,20-22H,3-4H2,1-2H3,(H,15,17,18)/t6-,10?,14+/m1/s1. The van der Waals surface area contributed by atoms with Gasteiger partial charge in [0.1, 0.15) is 18.2 Å². The predicted molar refractivity (Wildman–Crippen MR) is 86.1 cm³/mol. The summed E-state index contributed by atoms with van der Waals surface area (Å²) in [7, 11) is 1.76. The van der Waals surface area contributed by atoms with Crippen molar-refractivity contribution in [2.24, 2.45) is 11.3 Å². The van der Waals surface area contributed by atoms with Crippen molar-refractivity contribution < 1.29 is 15.3 Å². The van der Waals surface area contributed by atoms with Crippen molar-refractivity contribution in [1.29, 1.82) is 0 Å². The summed E-state index contributed by atoms with van der Waals surface area (Å²) < 4.78 is 1.70. The minimum Gasteiger partial charge on any atom is -0.508 e. The predicted octanol–water partition coefficient (Wildman–Crippen LogP) is 0.690. The molecular formula is C14H17N5O3S. The molecule has 23 heavy (non-hydrogen) atoms. The SMILES string of the molecule is CNc1nc(SC)nc2c1ncn2C1=C(O)C(O)[C@]2(CO)C[C@H]12. The number of hydrogen-bond acceptors (Lipinski definition) is 8. The Kier molecular flexibility index (Phi) is 3.09. The summed E-state index contributed by atoms with van der Waals surface area (Å²) in [6, 6.07) is 0. The van der Waals surface area contributed by atoms with E-state index >= 15 is 0 Å². The molecule has 0 saturated heterocycles.